The van der Waals surface area contributed by atoms with Crippen LogP contribution in [-0.2, 0) is 4.79 Å². The van der Waals surface area contributed by atoms with Gasteiger partial charge in [-0.05, 0) is 13.0 Å². The minimum atomic E-state index is -2.01. The third-order valence-corrected chi connectivity index (χ3v) is 2.82. The van der Waals surface area contributed by atoms with E-state index < -0.39 is 27.5 Å². The third-order valence-electron chi connectivity index (χ3n) is 2.40. The first-order valence-electron chi connectivity index (χ1n) is 5.13. The van der Waals surface area contributed by atoms with Gasteiger partial charge >= 0.3 is 5.97 Å². The summed E-state index contributed by atoms with van der Waals surface area (Å²) in [5, 5.41) is 28.9. The number of nitro benzene ring substituents is 1. The van der Waals surface area contributed by atoms with E-state index in [0.29, 0.717) is 0 Å². The summed E-state index contributed by atoms with van der Waals surface area (Å²) in [6.07, 6.45) is -2.01. The first kappa shape index (κ1) is 15.3. The molecule has 7 nitrogen and oxygen atoms in total. The first-order valence-corrected chi connectivity index (χ1v) is 6.04. The number of carbonyl (C=O) groups excluding carboxylic acids is 1. The van der Waals surface area contributed by atoms with Crippen molar-refractivity contribution in [2.24, 2.45) is 0 Å². The molecular weight excluding hydrogens is 322 g/mol. The van der Waals surface area contributed by atoms with Crippen LogP contribution in [0.3, 0.4) is 0 Å². The van der Waals surface area contributed by atoms with Crippen molar-refractivity contribution >= 4 is 33.4 Å². The van der Waals surface area contributed by atoms with Crippen LogP contribution in [0.2, 0.25) is 0 Å². The SMILES string of the molecule is CC(Br)C(=O)c1ccc(C(O)C(=O)O)c([N+](=O)[O-])c1. The summed E-state index contributed by atoms with van der Waals surface area (Å²) in [5.74, 6) is -1.98. The van der Waals surface area contributed by atoms with Gasteiger partial charge in [0.25, 0.3) is 5.69 Å². The molecule has 1 aromatic carbocycles. The second-order valence-corrected chi connectivity index (χ2v) is 5.13. The molecule has 8 heteroatoms. The number of nitro groups is 1. The van der Waals surface area contributed by atoms with E-state index in [0.717, 1.165) is 12.1 Å². The standard InChI is InChI=1S/C11H10BrNO6/c1-5(12)9(14)6-2-3-7(10(15)11(16)17)8(4-6)13(18)19/h2-5,10,15H,1H3,(H,16,17). The zero-order valence-electron chi connectivity index (χ0n) is 9.74. The Bertz CT molecular complexity index is 542. The lowest BCUT2D eigenvalue weighted by atomic mass is 10.0. The van der Waals surface area contributed by atoms with Gasteiger partial charge in [0.1, 0.15) is 0 Å². The Morgan fingerprint density at radius 2 is 2.00 bits per heavy atom. The summed E-state index contributed by atoms with van der Waals surface area (Å²) in [5.41, 5.74) is -0.900. The Kier molecular flexibility index (Phi) is 4.73. The highest BCUT2D eigenvalue weighted by atomic mass is 79.9. The Morgan fingerprint density at radius 1 is 1.42 bits per heavy atom. The lowest BCUT2D eigenvalue weighted by Gasteiger charge is -2.09. The number of hydrogen-bond donors (Lipinski definition) is 2. The average molecular weight is 332 g/mol. The van der Waals surface area contributed by atoms with Crippen molar-refractivity contribution in [3.63, 3.8) is 0 Å². The van der Waals surface area contributed by atoms with Gasteiger partial charge in [-0.1, -0.05) is 22.0 Å². The number of hydrogen-bond acceptors (Lipinski definition) is 5. The van der Waals surface area contributed by atoms with Crippen molar-refractivity contribution in [3.05, 3.63) is 39.4 Å². The number of Topliss-reactive ketones (excluding diaryl/α,β-unsaturated/α-hetero) is 1. The van der Waals surface area contributed by atoms with Crippen LogP contribution in [0.5, 0.6) is 0 Å². The van der Waals surface area contributed by atoms with Crippen LogP contribution in [0, 0.1) is 10.1 Å². The van der Waals surface area contributed by atoms with Gasteiger partial charge in [0.05, 0.1) is 15.3 Å². The fraction of sp³-hybridized carbons (Fsp3) is 0.273. The molecule has 0 fully saturated rings. The molecule has 0 aromatic heterocycles. The fourth-order valence-corrected chi connectivity index (χ4v) is 1.71. The Labute approximate surface area is 116 Å². The molecule has 0 saturated carbocycles. The number of carboxylic acids is 1. The van der Waals surface area contributed by atoms with Crippen molar-refractivity contribution in [2.45, 2.75) is 17.9 Å². The van der Waals surface area contributed by atoms with Crippen molar-refractivity contribution in [1.82, 2.24) is 0 Å². The normalized spacial score (nSPS) is 13.6. The smallest absolute Gasteiger partial charge is 0.337 e. The minimum absolute atomic E-state index is 0.0670. The molecule has 2 unspecified atom stereocenters. The number of rotatable bonds is 5. The topological polar surface area (TPSA) is 118 Å². The van der Waals surface area contributed by atoms with Gasteiger partial charge in [-0.2, -0.15) is 0 Å². The monoisotopic (exact) mass is 331 g/mol. The van der Waals surface area contributed by atoms with Gasteiger partial charge in [-0.15, -0.1) is 0 Å². The quantitative estimate of drug-likeness (QED) is 0.367. The van der Waals surface area contributed by atoms with Gasteiger partial charge in [0.15, 0.2) is 11.9 Å². The average Bonchev–Trinajstić information content (AvgIpc) is 2.35. The lowest BCUT2D eigenvalue weighted by molar-refractivity contribution is -0.386. The summed E-state index contributed by atoms with van der Waals surface area (Å²) >= 11 is 3.05. The van der Waals surface area contributed by atoms with E-state index in [1.807, 2.05) is 0 Å². The highest BCUT2D eigenvalue weighted by molar-refractivity contribution is 9.10. The van der Waals surface area contributed by atoms with Crippen LogP contribution in [0.15, 0.2) is 18.2 Å². The molecule has 1 aromatic rings. The molecule has 0 aliphatic carbocycles. The number of nitrogens with zero attached hydrogens (tertiary/aromatic N) is 1. The number of ketones is 1. The Morgan fingerprint density at radius 3 is 2.42 bits per heavy atom. The first-order chi connectivity index (χ1) is 8.75. The number of aliphatic hydroxyl groups excluding tert-OH is 1. The van der Waals surface area contributed by atoms with E-state index in [9.17, 15) is 24.8 Å². The molecular formula is C11H10BrNO6. The van der Waals surface area contributed by atoms with E-state index in [4.69, 9.17) is 5.11 Å². The van der Waals surface area contributed by atoms with Gasteiger partial charge in [0, 0.05) is 11.6 Å². The predicted molar refractivity (Wildman–Crippen MR) is 68.4 cm³/mol. The maximum atomic E-state index is 11.7. The second-order valence-electron chi connectivity index (χ2n) is 3.75. The lowest BCUT2D eigenvalue weighted by Crippen LogP contribution is -2.15. The number of carbonyl (C=O) groups is 2. The summed E-state index contributed by atoms with van der Waals surface area (Å²) in [4.78, 5) is 31.9. The maximum Gasteiger partial charge on any atom is 0.337 e. The van der Waals surface area contributed by atoms with Crippen molar-refractivity contribution < 1.29 is 24.7 Å². The predicted octanol–water partition coefficient (Wildman–Crippen LogP) is 1.68. The van der Waals surface area contributed by atoms with Crippen molar-refractivity contribution in [3.8, 4) is 0 Å². The zero-order valence-corrected chi connectivity index (χ0v) is 11.3. The zero-order chi connectivity index (χ0) is 14.7. The number of halogens is 1. The van der Waals surface area contributed by atoms with Crippen LogP contribution < -0.4 is 0 Å². The summed E-state index contributed by atoms with van der Waals surface area (Å²) in [7, 11) is 0. The van der Waals surface area contributed by atoms with E-state index >= 15 is 0 Å². The Hall–Kier alpha value is -1.80. The number of benzene rings is 1. The highest BCUT2D eigenvalue weighted by Gasteiger charge is 2.27. The summed E-state index contributed by atoms with van der Waals surface area (Å²) < 4.78 is 0. The molecule has 0 heterocycles. The van der Waals surface area contributed by atoms with Gasteiger partial charge in [0.2, 0.25) is 0 Å². The molecule has 2 atom stereocenters. The Balaban J connectivity index is 3.34. The summed E-state index contributed by atoms with van der Waals surface area (Å²) in [6.45, 7) is 1.56. The van der Waals surface area contributed by atoms with Crippen LogP contribution >= 0.6 is 15.9 Å². The second kappa shape index (κ2) is 5.89. The molecule has 1 rings (SSSR count). The highest BCUT2D eigenvalue weighted by Crippen LogP contribution is 2.27. The van der Waals surface area contributed by atoms with E-state index in [2.05, 4.69) is 15.9 Å². The number of aliphatic carboxylic acids is 1. The summed E-state index contributed by atoms with van der Waals surface area (Å²) in [6, 6.07) is 3.27. The molecule has 0 amide bonds. The molecule has 102 valence electrons. The van der Waals surface area contributed by atoms with Crippen LogP contribution in [0.25, 0.3) is 0 Å². The largest absolute Gasteiger partial charge is 0.479 e. The third kappa shape index (κ3) is 3.36. The molecule has 0 saturated heterocycles. The number of carboxylic acid groups (broad SMARTS) is 1. The molecule has 0 spiro atoms. The van der Waals surface area contributed by atoms with Gasteiger partial charge in [-0.25, -0.2) is 4.79 Å². The molecule has 0 aliphatic heterocycles. The molecule has 0 radical (unpaired) electrons. The van der Waals surface area contributed by atoms with Crippen LogP contribution in [0.1, 0.15) is 28.9 Å². The van der Waals surface area contributed by atoms with Crippen molar-refractivity contribution in [1.29, 1.82) is 0 Å². The van der Waals surface area contributed by atoms with Crippen LogP contribution in [0.4, 0.5) is 5.69 Å². The van der Waals surface area contributed by atoms with Gasteiger partial charge < -0.3 is 10.2 Å². The van der Waals surface area contributed by atoms with E-state index in [1.165, 1.54) is 6.07 Å². The van der Waals surface area contributed by atoms with E-state index in [1.54, 1.807) is 6.92 Å². The van der Waals surface area contributed by atoms with Crippen molar-refractivity contribution in [2.75, 3.05) is 0 Å². The number of aliphatic hydroxyl groups is 1. The molecule has 0 aliphatic rings. The van der Waals surface area contributed by atoms with Crippen LogP contribution in [-0.4, -0.2) is 31.7 Å². The minimum Gasteiger partial charge on any atom is -0.479 e. The molecule has 19 heavy (non-hydrogen) atoms. The van der Waals surface area contributed by atoms with E-state index in [-0.39, 0.29) is 16.9 Å². The fourth-order valence-electron chi connectivity index (χ4n) is 1.45. The maximum absolute atomic E-state index is 11.7. The van der Waals surface area contributed by atoms with Gasteiger partial charge in [-0.3, -0.25) is 14.9 Å². The molecule has 0 bridgehead atoms. The molecule has 2 N–H and O–H groups in total. The number of alkyl halides is 1.